The SMILES string of the molecule is CC(C)(C)C(C(=O)OF)(c1ccccc1)C(F)F. The van der Waals surface area contributed by atoms with E-state index < -0.39 is 23.2 Å². The fourth-order valence-electron chi connectivity index (χ4n) is 2.16. The Bertz CT molecular complexity index is 412. The van der Waals surface area contributed by atoms with E-state index in [1.165, 1.54) is 45.0 Å². The molecule has 18 heavy (non-hydrogen) atoms. The van der Waals surface area contributed by atoms with E-state index >= 15 is 0 Å². The molecule has 1 rings (SSSR count). The van der Waals surface area contributed by atoms with Gasteiger partial charge in [0.25, 0.3) is 6.43 Å². The molecule has 0 bridgehead atoms. The second-order valence-electron chi connectivity index (χ2n) is 5.09. The van der Waals surface area contributed by atoms with Crippen molar-refractivity contribution in [2.45, 2.75) is 32.6 Å². The summed E-state index contributed by atoms with van der Waals surface area (Å²) in [6.07, 6.45) is -3.08. The largest absolute Gasteiger partial charge is 0.365 e. The number of hydrogen-bond donors (Lipinski definition) is 0. The summed E-state index contributed by atoms with van der Waals surface area (Å²) < 4.78 is 39.3. The highest BCUT2D eigenvalue weighted by molar-refractivity contribution is 5.84. The zero-order valence-electron chi connectivity index (χ0n) is 10.4. The smallest absolute Gasteiger partial charge is 0.254 e. The molecule has 2 nitrogen and oxygen atoms in total. The highest BCUT2D eigenvalue weighted by Gasteiger charge is 2.59. The fraction of sp³-hybridized carbons (Fsp3) is 0.462. The van der Waals surface area contributed by atoms with Crippen LogP contribution in [-0.4, -0.2) is 12.4 Å². The maximum Gasteiger partial charge on any atom is 0.365 e. The summed E-state index contributed by atoms with van der Waals surface area (Å²) in [7, 11) is 0. The summed E-state index contributed by atoms with van der Waals surface area (Å²) in [4.78, 5) is 14.8. The number of hydrogen-bond acceptors (Lipinski definition) is 2. The van der Waals surface area contributed by atoms with Gasteiger partial charge in [-0.05, 0) is 11.0 Å². The third-order valence-corrected chi connectivity index (χ3v) is 3.13. The molecule has 5 heteroatoms. The second kappa shape index (κ2) is 5.00. The van der Waals surface area contributed by atoms with Crippen LogP contribution in [0.3, 0.4) is 0 Å². The zero-order chi connectivity index (χ0) is 14.0. The third-order valence-electron chi connectivity index (χ3n) is 3.13. The van der Waals surface area contributed by atoms with E-state index in [1.807, 2.05) is 0 Å². The van der Waals surface area contributed by atoms with Crippen molar-refractivity contribution >= 4 is 5.97 Å². The first-order valence-electron chi connectivity index (χ1n) is 5.45. The highest BCUT2D eigenvalue weighted by atomic mass is 19.3. The maximum atomic E-state index is 13.5. The van der Waals surface area contributed by atoms with Gasteiger partial charge in [-0.2, -0.15) is 0 Å². The van der Waals surface area contributed by atoms with Gasteiger partial charge in [0.15, 0.2) is 5.41 Å². The summed E-state index contributed by atoms with van der Waals surface area (Å²) in [5, 5.41) is 0. The molecule has 0 saturated carbocycles. The summed E-state index contributed by atoms with van der Waals surface area (Å²) in [6, 6.07) is 7.40. The first-order valence-corrected chi connectivity index (χ1v) is 5.45. The van der Waals surface area contributed by atoms with E-state index in [9.17, 15) is 18.1 Å². The summed E-state index contributed by atoms with van der Waals surface area (Å²) in [5.41, 5.74) is -3.50. The van der Waals surface area contributed by atoms with Gasteiger partial charge in [-0.3, -0.25) is 4.94 Å². The van der Waals surface area contributed by atoms with Crippen LogP contribution in [0.4, 0.5) is 13.3 Å². The summed E-state index contributed by atoms with van der Waals surface area (Å²) in [6.45, 7) is 4.34. The van der Waals surface area contributed by atoms with Crippen LogP contribution in [0.25, 0.3) is 0 Å². The van der Waals surface area contributed by atoms with Crippen LogP contribution in [0, 0.1) is 5.41 Å². The molecule has 0 N–H and O–H groups in total. The predicted molar refractivity (Wildman–Crippen MR) is 60.8 cm³/mol. The van der Waals surface area contributed by atoms with Crippen molar-refractivity contribution < 1.29 is 23.0 Å². The molecule has 0 spiro atoms. The van der Waals surface area contributed by atoms with Gasteiger partial charge in [0.1, 0.15) is 0 Å². The van der Waals surface area contributed by atoms with Gasteiger partial charge < -0.3 is 0 Å². The Morgan fingerprint density at radius 1 is 1.17 bits per heavy atom. The lowest BCUT2D eigenvalue weighted by Gasteiger charge is -2.40. The Hall–Kier alpha value is -1.52. The number of carbonyl (C=O) groups excluding carboxylic acids is 1. The van der Waals surface area contributed by atoms with Gasteiger partial charge in [-0.15, -0.1) is 0 Å². The maximum absolute atomic E-state index is 13.5. The molecular formula is C13H15F3O2. The zero-order valence-corrected chi connectivity index (χ0v) is 10.4. The Morgan fingerprint density at radius 2 is 1.67 bits per heavy atom. The van der Waals surface area contributed by atoms with Crippen LogP contribution in [0.2, 0.25) is 0 Å². The van der Waals surface area contributed by atoms with E-state index in [2.05, 4.69) is 4.94 Å². The quantitative estimate of drug-likeness (QED) is 0.829. The Labute approximate surface area is 104 Å². The van der Waals surface area contributed by atoms with Crippen molar-refractivity contribution in [3.63, 3.8) is 0 Å². The molecule has 0 aliphatic carbocycles. The number of rotatable bonds is 3. The van der Waals surface area contributed by atoms with Gasteiger partial charge in [0.2, 0.25) is 0 Å². The van der Waals surface area contributed by atoms with Gasteiger partial charge >= 0.3 is 5.97 Å². The van der Waals surface area contributed by atoms with Crippen molar-refractivity contribution in [2.24, 2.45) is 5.41 Å². The molecule has 0 aliphatic rings. The van der Waals surface area contributed by atoms with E-state index in [0.29, 0.717) is 0 Å². The van der Waals surface area contributed by atoms with Crippen molar-refractivity contribution in [1.29, 1.82) is 0 Å². The van der Waals surface area contributed by atoms with Gasteiger partial charge in [-0.25, -0.2) is 13.6 Å². The molecule has 1 aromatic rings. The molecule has 0 fully saturated rings. The number of alkyl halides is 2. The van der Waals surface area contributed by atoms with Crippen molar-refractivity contribution in [3.05, 3.63) is 35.9 Å². The van der Waals surface area contributed by atoms with Crippen LogP contribution in [0.5, 0.6) is 0 Å². The van der Waals surface area contributed by atoms with Crippen molar-refractivity contribution in [3.8, 4) is 0 Å². The first-order chi connectivity index (χ1) is 8.28. The van der Waals surface area contributed by atoms with E-state index in [4.69, 9.17) is 0 Å². The van der Waals surface area contributed by atoms with Crippen LogP contribution in [0.15, 0.2) is 30.3 Å². The van der Waals surface area contributed by atoms with Crippen LogP contribution in [-0.2, 0) is 15.2 Å². The number of carbonyl (C=O) groups is 1. The highest BCUT2D eigenvalue weighted by Crippen LogP contribution is 2.47. The first kappa shape index (κ1) is 14.5. The molecule has 0 saturated heterocycles. The normalized spacial score (nSPS) is 15.3. The van der Waals surface area contributed by atoms with Crippen LogP contribution in [0.1, 0.15) is 26.3 Å². The van der Waals surface area contributed by atoms with Crippen molar-refractivity contribution in [2.75, 3.05) is 0 Å². The summed E-state index contributed by atoms with van der Waals surface area (Å²) in [5.74, 6) is -1.57. The Kier molecular flexibility index (Phi) is 4.04. The molecular weight excluding hydrogens is 245 g/mol. The predicted octanol–water partition coefficient (Wildman–Crippen LogP) is 3.66. The molecule has 0 amide bonds. The Morgan fingerprint density at radius 3 is 2.00 bits per heavy atom. The lowest BCUT2D eigenvalue weighted by molar-refractivity contribution is -0.205. The topological polar surface area (TPSA) is 26.3 Å². The third kappa shape index (κ3) is 2.09. The molecule has 100 valence electrons. The second-order valence-corrected chi connectivity index (χ2v) is 5.09. The molecule has 1 unspecified atom stereocenters. The van der Waals surface area contributed by atoms with Gasteiger partial charge in [0.05, 0.1) is 0 Å². The van der Waals surface area contributed by atoms with E-state index in [-0.39, 0.29) is 5.56 Å². The molecule has 1 aromatic carbocycles. The van der Waals surface area contributed by atoms with Crippen molar-refractivity contribution in [1.82, 2.24) is 0 Å². The van der Waals surface area contributed by atoms with Crippen LogP contribution < -0.4 is 0 Å². The average Bonchev–Trinajstić information content (AvgIpc) is 2.28. The van der Waals surface area contributed by atoms with Gasteiger partial charge in [-0.1, -0.05) is 51.1 Å². The average molecular weight is 260 g/mol. The fourth-order valence-corrected chi connectivity index (χ4v) is 2.16. The standard InChI is InChI=1S/C13H15F3O2/c1-12(2,3)13(10(14)15,11(17)18-16)9-7-5-4-6-8-9/h4-8,10H,1-3H3. The van der Waals surface area contributed by atoms with Crippen LogP contribution >= 0.6 is 0 Å². The minimum absolute atomic E-state index is 0.0372. The lowest BCUT2D eigenvalue weighted by Crippen LogP contribution is -2.53. The van der Waals surface area contributed by atoms with E-state index in [1.54, 1.807) is 6.07 Å². The number of benzene rings is 1. The molecule has 0 heterocycles. The van der Waals surface area contributed by atoms with E-state index in [0.717, 1.165) is 0 Å². The lowest BCUT2D eigenvalue weighted by atomic mass is 9.62. The molecule has 1 atom stereocenters. The Balaban J connectivity index is 3.55. The van der Waals surface area contributed by atoms with Gasteiger partial charge in [0, 0.05) is 4.53 Å². The minimum atomic E-state index is -3.08. The molecule has 0 aliphatic heterocycles. The summed E-state index contributed by atoms with van der Waals surface area (Å²) >= 11 is 0. The number of halogens is 3. The molecule has 0 aromatic heterocycles. The molecule has 0 radical (unpaired) electrons. The minimum Gasteiger partial charge on any atom is -0.254 e. The monoisotopic (exact) mass is 260 g/mol.